The lowest BCUT2D eigenvalue weighted by molar-refractivity contribution is 0.281. The number of aliphatic hydroxyl groups excluding tert-OH is 1. The van der Waals surface area contributed by atoms with Gasteiger partial charge in [-0.3, -0.25) is 0 Å². The van der Waals surface area contributed by atoms with Gasteiger partial charge in [0.2, 0.25) is 0 Å². The van der Waals surface area contributed by atoms with E-state index in [0.717, 1.165) is 28.6 Å². The molecule has 1 N–H and O–H groups in total. The molecular formula is C17H21ClN2O. The molecule has 1 heterocycles. The van der Waals surface area contributed by atoms with Crippen molar-refractivity contribution in [1.29, 1.82) is 0 Å². The number of anilines is 1. The van der Waals surface area contributed by atoms with Crippen LogP contribution in [0.15, 0.2) is 36.4 Å². The number of rotatable bonds is 5. The highest BCUT2D eigenvalue weighted by atomic mass is 35.5. The van der Waals surface area contributed by atoms with Crippen molar-refractivity contribution in [2.75, 3.05) is 11.9 Å². The van der Waals surface area contributed by atoms with E-state index >= 15 is 0 Å². The molecule has 0 spiro atoms. The second-order valence-corrected chi connectivity index (χ2v) is 5.99. The van der Waals surface area contributed by atoms with Crippen LogP contribution >= 0.6 is 11.6 Å². The molecule has 0 atom stereocenters. The van der Waals surface area contributed by atoms with E-state index in [1.807, 2.05) is 43.4 Å². The Kier molecular flexibility index (Phi) is 5.21. The Morgan fingerprint density at radius 2 is 1.81 bits per heavy atom. The van der Waals surface area contributed by atoms with Gasteiger partial charge in [0, 0.05) is 24.3 Å². The van der Waals surface area contributed by atoms with Gasteiger partial charge in [0.1, 0.15) is 5.82 Å². The van der Waals surface area contributed by atoms with E-state index in [4.69, 9.17) is 11.6 Å². The first-order valence-corrected chi connectivity index (χ1v) is 7.44. The summed E-state index contributed by atoms with van der Waals surface area (Å²) in [7, 11) is 2.00. The number of aliphatic hydroxyl groups is 1. The standard InChI is InChI=1S/C17H21ClN2O/c1-12(2)16-8-14(11-21)9-17(19-16)20(3)10-13-4-6-15(18)7-5-13/h4-9,12,21H,10-11H2,1-3H3. The van der Waals surface area contributed by atoms with Gasteiger partial charge < -0.3 is 10.0 Å². The number of hydrogen-bond donors (Lipinski definition) is 1. The summed E-state index contributed by atoms with van der Waals surface area (Å²) in [6, 6.07) is 11.7. The van der Waals surface area contributed by atoms with Crippen molar-refractivity contribution in [2.45, 2.75) is 32.9 Å². The summed E-state index contributed by atoms with van der Waals surface area (Å²) in [6.07, 6.45) is 0. The SMILES string of the molecule is CC(C)c1cc(CO)cc(N(C)Cc2ccc(Cl)cc2)n1. The van der Waals surface area contributed by atoms with E-state index in [-0.39, 0.29) is 6.61 Å². The highest BCUT2D eigenvalue weighted by molar-refractivity contribution is 6.30. The summed E-state index contributed by atoms with van der Waals surface area (Å²) in [6.45, 7) is 4.99. The highest BCUT2D eigenvalue weighted by Crippen LogP contribution is 2.21. The minimum Gasteiger partial charge on any atom is -0.392 e. The molecule has 0 saturated heterocycles. The Hall–Kier alpha value is -1.58. The van der Waals surface area contributed by atoms with Crippen LogP contribution in [0.4, 0.5) is 5.82 Å². The van der Waals surface area contributed by atoms with Gasteiger partial charge in [-0.25, -0.2) is 4.98 Å². The first-order valence-electron chi connectivity index (χ1n) is 7.07. The molecule has 4 heteroatoms. The number of nitrogens with zero attached hydrogens (tertiary/aromatic N) is 2. The average molecular weight is 305 g/mol. The molecule has 1 aromatic heterocycles. The molecule has 0 unspecified atom stereocenters. The van der Waals surface area contributed by atoms with Crippen LogP contribution in [0.5, 0.6) is 0 Å². The second-order valence-electron chi connectivity index (χ2n) is 5.55. The lowest BCUT2D eigenvalue weighted by Crippen LogP contribution is -2.18. The zero-order chi connectivity index (χ0) is 15.4. The van der Waals surface area contributed by atoms with Crippen molar-refractivity contribution in [1.82, 2.24) is 4.98 Å². The molecule has 0 aliphatic rings. The van der Waals surface area contributed by atoms with Crippen molar-refractivity contribution in [3.63, 3.8) is 0 Å². The van der Waals surface area contributed by atoms with Crippen LogP contribution in [0, 0.1) is 0 Å². The van der Waals surface area contributed by atoms with Gasteiger partial charge in [-0.05, 0) is 41.3 Å². The molecule has 0 aliphatic heterocycles. The molecule has 2 aromatic rings. The largest absolute Gasteiger partial charge is 0.392 e. The molecule has 1 aromatic carbocycles. The van der Waals surface area contributed by atoms with Gasteiger partial charge in [0.15, 0.2) is 0 Å². The molecule has 0 fully saturated rings. The number of pyridine rings is 1. The van der Waals surface area contributed by atoms with Crippen LogP contribution in [0.25, 0.3) is 0 Å². The van der Waals surface area contributed by atoms with E-state index in [0.29, 0.717) is 5.92 Å². The normalized spacial score (nSPS) is 11.0. The van der Waals surface area contributed by atoms with Crippen LogP contribution in [-0.4, -0.2) is 17.1 Å². The lowest BCUT2D eigenvalue weighted by atomic mass is 10.1. The number of benzene rings is 1. The first kappa shape index (κ1) is 15.8. The lowest BCUT2D eigenvalue weighted by Gasteiger charge is -2.20. The summed E-state index contributed by atoms with van der Waals surface area (Å²) in [5.41, 5.74) is 3.07. The zero-order valence-corrected chi connectivity index (χ0v) is 13.4. The molecule has 21 heavy (non-hydrogen) atoms. The van der Waals surface area contributed by atoms with Gasteiger partial charge >= 0.3 is 0 Å². The van der Waals surface area contributed by atoms with Crippen molar-refractivity contribution < 1.29 is 5.11 Å². The van der Waals surface area contributed by atoms with Gasteiger partial charge in [-0.15, -0.1) is 0 Å². The van der Waals surface area contributed by atoms with Crippen molar-refractivity contribution in [2.24, 2.45) is 0 Å². The second kappa shape index (κ2) is 6.92. The zero-order valence-electron chi connectivity index (χ0n) is 12.7. The van der Waals surface area contributed by atoms with Crippen LogP contribution in [0.2, 0.25) is 5.02 Å². The molecule has 0 bridgehead atoms. The molecule has 2 rings (SSSR count). The van der Waals surface area contributed by atoms with Crippen LogP contribution in [0.1, 0.15) is 36.6 Å². The molecule has 0 aliphatic carbocycles. The summed E-state index contributed by atoms with van der Waals surface area (Å²) in [5.74, 6) is 1.21. The summed E-state index contributed by atoms with van der Waals surface area (Å²) in [4.78, 5) is 6.76. The average Bonchev–Trinajstić information content (AvgIpc) is 2.49. The summed E-state index contributed by atoms with van der Waals surface area (Å²) < 4.78 is 0. The van der Waals surface area contributed by atoms with Crippen molar-refractivity contribution >= 4 is 17.4 Å². The fourth-order valence-electron chi connectivity index (χ4n) is 2.12. The Morgan fingerprint density at radius 1 is 1.14 bits per heavy atom. The first-order chi connectivity index (χ1) is 9.99. The monoisotopic (exact) mass is 304 g/mol. The van der Waals surface area contributed by atoms with E-state index in [9.17, 15) is 5.11 Å². The van der Waals surface area contributed by atoms with Crippen LogP contribution < -0.4 is 4.90 Å². The molecule has 0 amide bonds. The number of aromatic nitrogens is 1. The molecule has 0 saturated carbocycles. The third-order valence-electron chi connectivity index (χ3n) is 3.39. The Labute approximate surface area is 131 Å². The van der Waals surface area contributed by atoms with E-state index in [2.05, 4.69) is 23.7 Å². The van der Waals surface area contributed by atoms with Gasteiger partial charge in [-0.1, -0.05) is 37.6 Å². The van der Waals surface area contributed by atoms with E-state index in [1.165, 1.54) is 5.56 Å². The van der Waals surface area contributed by atoms with Crippen LogP contribution in [0.3, 0.4) is 0 Å². The van der Waals surface area contributed by atoms with Crippen molar-refractivity contribution in [3.8, 4) is 0 Å². The minimum absolute atomic E-state index is 0.0318. The summed E-state index contributed by atoms with van der Waals surface area (Å²) in [5, 5.41) is 10.1. The molecule has 112 valence electrons. The van der Waals surface area contributed by atoms with Gasteiger partial charge in [-0.2, -0.15) is 0 Å². The topological polar surface area (TPSA) is 36.4 Å². The number of hydrogen-bond acceptors (Lipinski definition) is 3. The Balaban J connectivity index is 2.23. The maximum absolute atomic E-state index is 9.41. The third-order valence-corrected chi connectivity index (χ3v) is 3.64. The summed E-state index contributed by atoms with van der Waals surface area (Å²) >= 11 is 5.91. The maximum atomic E-state index is 9.41. The third kappa shape index (κ3) is 4.19. The van der Waals surface area contributed by atoms with Crippen LogP contribution in [-0.2, 0) is 13.2 Å². The smallest absolute Gasteiger partial charge is 0.129 e. The quantitative estimate of drug-likeness (QED) is 0.907. The Morgan fingerprint density at radius 3 is 2.38 bits per heavy atom. The van der Waals surface area contributed by atoms with Crippen molar-refractivity contribution in [3.05, 3.63) is 58.2 Å². The highest BCUT2D eigenvalue weighted by Gasteiger charge is 2.10. The maximum Gasteiger partial charge on any atom is 0.129 e. The van der Waals surface area contributed by atoms with E-state index in [1.54, 1.807) is 0 Å². The fourth-order valence-corrected chi connectivity index (χ4v) is 2.25. The molecule has 3 nitrogen and oxygen atoms in total. The predicted octanol–water partition coefficient (Wildman–Crippen LogP) is 3.99. The van der Waals surface area contributed by atoms with Gasteiger partial charge in [0.25, 0.3) is 0 Å². The predicted molar refractivity (Wildman–Crippen MR) is 87.8 cm³/mol. The molecule has 0 radical (unpaired) electrons. The fraction of sp³-hybridized carbons (Fsp3) is 0.353. The van der Waals surface area contributed by atoms with E-state index < -0.39 is 0 Å². The number of halogens is 1. The minimum atomic E-state index is 0.0318. The molecular weight excluding hydrogens is 284 g/mol. The Bertz CT molecular complexity index is 596. The van der Waals surface area contributed by atoms with Gasteiger partial charge in [0.05, 0.1) is 6.61 Å².